The molecule has 1 aromatic rings. The van der Waals surface area contributed by atoms with Crippen LogP contribution in [0.4, 0.5) is 11.4 Å². The highest BCUT2D eigenvalue weighted by molar-refractivity contribution is 6.31. The van der Waals surface area contributed by atoms with E-state index in [1.165, 1.54) is 6.07 Å². The van der Waals surface area contributed by atoms with Crippen LogP contribution >= 0.6 is 11.6 Å². The van der Waals surface area contributed by atoms with Crippen LogP contribution in [0.5, 0.6) is 0 Å². The van der Waals surface area contributed by atoms with E-state index >= 15 is 0 Å². The molecule has 0 saturated heterocycles. The highest BCUT2D eigenvalue weighted by Gasteiger charge is 1.95. The molecule has 0 aliphatic heterocycles. The van der Waals surface area contributed by atoms with Crippen molar-refractivity contribution in [3.8, 4) is 0 Å². The monoisotopic (exact) mass is 168 g/mol. The SMILES string of the molecule is [N-]=[N+]=Nc1ccc(Cl)cc1N. The second-order valence-corrected chi connectivity index (χ2v) is 2.33. The van der Waals surface area contributed by atoms with Gasteiger partial charge in [0.2, 0.25) is 0 Å². The zero-order valence-electron chi connectivity index (χ0n) is 5.53. The van der Waals surface area contributed by atoms with Gasteiger partial charge in [0.1, 0.15) is 0 Å². The molecule has 0 bridgehead atoms. The quantitative estimate of drug-likeness (QED) is 0.298. The number of nitrogens with two attached hydrogens (primary N) is 1. The lowest BCUT2D eigenvalue weighted by molar-refractivity contribution is 1.48. The van der Waals surface area contributed by atoms with Gasteiger partial charge in [0.05, 0.1) is 5.69 Å². The number of nitrogens with zero attached hydrogens (tertiary/aromatic N) is 3. The Balaban J connectivity index is 3.19. The molecule has 0 fully saturated rings. The number of nitrogen functional groups attached to an aromatic ring is 1. The van der Waals surface area contributed by atoms with Crippen LogP contribution in [-0.4, -0.2) is 0 Å². The second-order valence-electron chi connectivity index (χ2n) is 1.89. The van der Waals surface area contributed by atoms with Crippen molar-refractivity contribution in [3.05, 3.63) is 33.7 Å². The van der Waals surface area contributed by atoms with Gasteiger partial charge in [-0.2, -0.15) is 0 Å². The van der Waals surface area contributed by atoms with Gasteiger partial charge in [-0.1, -0.05) is 16.7 Å². The predicted octanol–water partition coefficient (Wildman–Crippen LogP) is 2.86. The van der Waals surface area contributed by atoms with Crippen molar-refractivity contribution < 1.29 is 0 Å². The van der Waals surface area contributed by atoms with Gasteiger partial charge < -0.3 is 5.73 Å². The molecule has 0 aromatic heterocycles. The molecule has 11 heavy (non-hydrogen) atoms. The van der Waals surface area contributed by atoms with Gasteiger partial charge in [-0.05, 0) is 23.7 Å². The predicted molar refractivity (Wildman–Crippen MR) is 44.7 cm³/mol. The molecular weight excluding hydrogens is 164 g/mol. The van der Waals surface area contributed by atoms with Crippen molar-refractivity contribution in [1.29, 1.82) is 0 Å². The summed E-state index contributed by atoms with van der Waals surface area (Å²) in [5, 5.41) is 3.87. The number of anilines is 1. The molecule has 0 saturated carbocycles. The topological polar surface area (TPSA) is 74.8 Å². The lowest BCUT2D eigenvalue weighted by atomic mass is 10.3. The molecule has 0 radical (unpaired) electrons. The smallest absolute Gasteiger partial charge is 0.0605 e. The summed E-state index contributed by atoms with van der Waals surface area (Å²) in [6.07, 6.45) is 0. The summed E-state index contributed by atoms with van der Waals surface area (Å²) in [5.74, 6) is 0. The van der Waals surface area contributed by atoms with Crippen LogP contribution in [0, 0.1) is 0 Å². The van der Waals surface area contributed by atoms with Gasteiger partial charge in [0, 0.05) is 15.6 Å². The Hall–Kier alpha value is -1.38. The molecule has 1 aromatic carbocycles. The fourth-order valence-electron chi connectivity index (χ4n) is 0.665. The van der Waals surface area contributed by atoms with E-state index in [4.69, 9.17) is 22.9 Å². The Bertz CT molecular complexity index is 316. The minimum Gasteiger partial charge on any atom is -0.398 e. The first-order valence-corrected chi connectivity index (χ1v) is 3.22. The number of hydrogen-bond donors (Lipinski definition) is 1. The van der Waals surface area contributed by atoms with Crippen molar-refractivity contribution >= 4 is 23.0 Å². The van der Waals surface area contributed by atoms with E-state index in [1.54, 1.807) is 12.1 Å². The van der Waals surface area contributed by atoms with E-state index < -0.39 is 0 Å². The summed E-state index contributed by atoms with van der Waals surface area (Å²) in [5.41, 5.74) is 14.3. The average Bonchev–Trinajstić information content (AvgIpc) is 1.95. The standard InChI is InChI=1S/C6H5ClN4/c7-4-1-2-6(10-11-9)5(8)3-4/h1-3H,8H2. The number of benzene rings is 1. The van der Waals surface area contributed by atoms with Crippen molar-refractivity contribution in [2.45, 2.75) is 0 Å². The van der Waals surface area contributed by atoms with Crippen LogP contribution in [0.1, 0.15) is 0 Å². The van der Waals surface area contributed by atoms with Gasteiger partial charge in [0.25, 0.3) is 0 Å². The molecule has 0 atom stereocenters. The third-order valence-corrected chi connectivity index (χ3v) is 1.38. The molecule has 2 N–H and O–H groups in total. The Morgan fingerprint density at radius 2 is 2.27 bits per heavy atom. The summed E-state index contributed by atoms with van der Waals surface area (Å²) in [6.45, 7) is 0. The maximum Gasteiger partial charge on any atom is 0.0605 e. The average molecular weight is 169 g/mol. The highest BCUT2D eigenvalue weighted by Crippen LogP contribution is 2.24. The minimum atomic E-state index is 0.385. The molecule has 0 amide bonds. The fraction of sp³-hybridized carbons (Fsp3) is 0. The Kier molecular flexibility index (Phi) is 2.21. The van der Waals surface area contributed by atoms with E-state index in [1.807, 2.05) is 0 Å². The Morgan fingerprint density at radius 3 is 2.82 bits per heavy atom. The molecule has 0 unspecified atom stereocenters. The van der Waals surface area contributed by atoms with E-state index in [2.05, 4.69) is 10.0 Å². The highest BCUT2D eigenvalue weighted by atomic mass is 35.5. The van der Waals surface area contributed by atoms with Gasteiger partial charge >= 0.3 is 0 Å². The zero-order valence-corrected chi connectivity index (χ0v) is 6.28. The number of azide groups is 1. The first-order chi connectivity index (χ1) is 5.24. The Labute approximate surface area is 68.2 Å². The molecule has 56 valence electrons. The first kappa shape index (κ1) is 7.72. The van der Waals surface area contributed by atoms with Crippen LogP contribution in [0.3, 0.4) is 0 Å². The van der Waals surface area contributed by atoms with Crippen molar-refractivity contribution in [2.75, 3.05) is 5.73 Å². The van der Waals surface area contributed by atoms with Gasteiger partial charge in [-0.25, -0.2) is 0 Å². The summed E-state index contributed by atoms with van der Waals surface area (Å²) >= 11 is 5.60. The summed E-state index contributed by atoms with van der Waals surface area (Å²) < 4.78 is 0. The summed E-state index contributed by atoms with van der Waals surface area (Å²) in [6, 6.07) is 4.71. The van der Waals surface area contributed by atoms with Gasteiger partial charge in [-0.3, -0.25) is 0 Å². The maximum absolute atomic E-state index is 8.08. The van der Waals surface area contributed by atoms with Crippen LogP contribution in [0.15, 0.2) is 23.3 Å². The summed E-state index contributed by atoms with van der Waals surface area (Å²) in [4.78, 5) is 2.60. The van der Waals surface area contributed by atoms with Gasteiger partial charge in [0.15, 0.2) is 0 Å². The first-order valence-electron chi connectivity index (χ1n) is 2.84. The maximum atomic E-state index is 8.08. The second kappa shape index (κ2) is 3.14. The van der Waals surface area contributed by atoms with Crippen LogP contribution < -0.4 is 5.73 Å². The third-order valence-electron chi connectivity index (χ3n) is 1.14. The molecule has 0 aliphatic carbocycles. The van der Waals surface area contributed by atoms with Crippen LogP contribution in [0.25, 0.3) is 10.4 Å². The molecule has 5 heteroatoms. The molecule has 4 nitrogen and oxygen atoms in total. The molecule has 0 aliphatic rings. The number of halogens is 1. The minimum absolute atomic E-state index is 0.385. The number of rotatable bonds is 1. The van der Waals surface area contributed by atoms with Crippen LogP contribution in [-0.2, 0) is 0 Å². The Morgan fingerprint density at radius 1 is 1.55 bits per heavy atom. The molecular formula is C6H5ClN4. The van der Waals surface area contributed by atoms with E-state index in [-0.39, 0.29) is 0 Å². The molecule has 0 spiro atoms. The van der Waals surface area contributed by atoms with Crippen molar-refractivity contribution in [3.63, 3.8) is 0 Å². The lowest BCUT2D eigenvalue weighted by Gasteiger charge is -1.97. The van der Waals surface area contributed by atoms with E-state index in [0.29, 0.717) is 16.4 Å². The summed E-state index contributed by atoms with van der Waals surface area (Å²) in [7, 11) is 0. The van der Waals surface area contributed by atoms with E-state index in [9.17, 15) is 0 Å². The molecule has 1 rings (SSSR count). The lowest BCUT2D eigenvalue weighted by Crippen LogP contribution is -1.83. The normalized spacial score (nSPS) is 8.82. The van der Waals surface area contributed by atoms with Gasteiger partial charge in [-0.15, -0.1) is 0 Å². The van der Waals surface area contributed by atoms with Crippen molar-refractivity contribution in [1.82, 2.24) is 0 Å². The van der Waals surface area contributed by atoms with Crippen LogP contribution in [0.2, 0.25) is 5.02 Å². The zero-order chi connectivity index (χ0) is 8.27. The van der Waals surface area contributed by atoms with E-state index in [0.717, 1.165) is 0 Å². The van der Waals surface area contributed by atoms with Crippen molar-refractivity contribution in [2.24, 2.45) is 5.11 Å². The largest absolute Gasteiger partial charge is 0.398 e. The molecule has 0 heterocycles. The third kappa shape index (κ3) is 1.77. The fourth-order valence-corrected chi connectivity index (χ4v) is 0.845. The number of hydrogen-bond acceptors (Lipinski definition) is 2.